The predicted molar refractivity (Wildman–Crippen MR) is 73.3 cm³/mol. The van der Waals surface area contributed by atoms with Gasteiger partial charge in [0.25, 0.3) is 0 Å². The molecule has 0 saturated heterocycles. The molecule has 1 aromatic heterocycles. The van der Waals surface area contributed by atoms with Crippen molar-refractivity contribution in [1.29, 1.82) is 0 Å². The van der Waals surface area contributed by atoms with E-state index in [0.717, 1.165) is 16.6 Å². The van der Waals surface area contributed by atoms with E-state index in [-0.39, 0.29) is 0 Å². The summed E-state index contributed by atoms with van der Waals surface area (Å²) in [7, 11) is 2.03. The van der Waals surface area contributed by atoms with Crippen molar-refractivity contribution in [2.75, 3.05) is 0 Å². The van der Waals surface area contributed by atoms with E-state index in [0.29, 0.717) is 11.8 Å². The van der Waals surface area contributed by atoms with Crippen LogP contribution in [0, 0.1) is 0 Å². The zero-order valence-corrected chi connectivity index (χ0v) is 10.00. The molecule has 0 radical (unpaired) electrons. The van der Waals surface area contributed by atoms with Gasteiger partial charge in [0.05, 0.1) is 0 Å². The van der Waals surface area contributed by atoms with Gasteiger partial charge in [-0.05, 0) is 12.1 Å². The number of benzene rings is 2. The highest BCUT2D eigenvalue weighted by atomic mass is 16.4. The molecule has 3 aromatic rings. The molecule has 0 aliphatic carbocycles. The Labute approximate surface area is 106 Å². The van der Waals surface area contributed by atoms with Gasteiger partial charge in [0.1, 0.15) is 7.85 Å². The van der Waals surface area contributed by atoms with Crippen LogP contribution in [-0.2, 0) is 0 Å². The van der Waals surface area contributed by atoms with Gasteiger partial charge < -0.3 is 4.42 Å². The lowest BCUT2D eigenvalue weighted by Crippen LogP contribution is -2.05. The molecule has 0 aliphatic heterocycles. The first kappa shape index (κ1) is 10.8. The Morgan fingerprint density at radius 3 is 2.22 bits per heavy atom. The molecule has 3 rings (SSSR count). The number of aromatic nitrogens is 2. The van der Waals surface area contributed by atoms with Crippen LogP contribution in [0.2, 0.25) is 0 Å². The molecule has 0 bridgehead atoms. The summed E-state index contributed by atoms with van der Waals surface area (Å²) in [6.45, 7) is 0. The Morgan fingerprint density at radius 2 is 1.44 bits per heavy atom. The van der Waals surface area contributed by atoms with Crippen LogP contribution in [0.3, 0.4) is 0 Å². The normalized spacial score (nSPS) is 10.4. The predicted octanol–water partition coefficient (Wildman–Crippen LogP) is 1.66. The molecule has 0 atom stereocenters. The first-order valence-electron chi connectivity index (χ1n) is 5.79. The third-order valence-corrected chi connectivity index (χ3v) is 2.82. The zero-order valence-electron chi connectivity index (χ0n) is 10.00. The fraction of sp³-hybridized carbons (Fsp3) is 0. The Hall–Kier alpha value is -2.36. The van der Waals surface area contributed by atoms with Crippen molar-refractivity contribution < 1.29 is 4.42 Å². The molecule has 1 heterocycles. The van der Waals surface area contributed by atoms with Crippen LogP contribution >= 0.6 is 0 Å². The summed E-state index contributed by atoms with van der Waals surface area (Å²) in [5.74, 6) is 1.11. The minimum absolute atomic E-state index is 0.550. The zero-order chi connectivity index (χ0) is 12.4. The Bertz CT molecular complexity index is 664. The molecule has 0 aliphatic rings. The van der Waals surface area contributed by atoms with Gasteiger partial charge >= 0.3 is 0 Å². The van der Waals surface area contributed by atoms with Gasteiger partial charge in [0.2, 0.25) is 11.8 Å². The summed E-state index contributed by atoms with van der Waals surface area (Å²) in [4.78, 5) is 0. The van der Waals surface area contributed by atoms with Crippen LogP contribution in [0.15, 0.2) is 59.0 Å². The van der Waals surface area contributed by atoms with E-state index in [1.54, 1.807) is 0 Å². The molecule has 0 N–H and O–H groups in total. The maximum atomic E-state index is 5.71. The summed E-state index contributed by atoms with van der Waals surface area (Å²) >= 11 is 0. The molecule has 3 nitrogen and oxygen atoms in total. The van der Waals surface area contributed by atoms with Crippen molar-refractivity contribution in [2.24, 2.45) is 0 Å². The molecular weight excluding hydrogens is 223 g/mol. The van der Waals surface area contributed by atoms with Gasteiger partial charge in [0, 0.05) is 11.1 Å². The second-order valence-corrected chi connectivity index (χ2v) is 4.09. The SMILES string of the molecule is Bc1ccccc1-c1nnc(-c2ccccc2)o1. The van der Waals surface area contributed by atoms with Crippen LogP contribution in [0.1, 0.15) is 0 Å². The van der Waals surface area contributed by atoms with Gasteiger partial charge in [-0.1, -0.05) is 47.9 Å². The maximum absolute atomic E-state index is 5.71. The summed E-state index contributed by atoms with van der Waals surface area (Å²) in [6, 6.07) is 17.7. The van der Waals surface area contributed by atoms with E-state index >= 15 is 0 Å². The third kappa shape index (κ3) is 1.93. The molecule has 0 saturated carbocycles. The maximum Gasteiger partial charge on any atom is 0.248 e. The number of nitrogens with zero attached hydrogens (tertiary/aromatic N) is 2. The van der Waals surface area contributed by atoms with Gasteiger partial charge in [0.15, 0.2) is 0 Å². The van der Waals surface area contributed by atoms with Gasteiger partial charge in [-0.3, -0.25) is 0 Å². The minimum atomic E-state index is 0.550. The lowest BCUT2D eigenvalue weighted by molar-refractivity contribution is 0.585. The molecule has 0 spiro atoms. The summed E-state index contributed by atoms with van der Waals surface area (Å²) in [5, 5.41) is 8.19. The van der Waals surface area contributed by atoms with Gasteiger partial charge in [-0.2, -0.15) is 0 Å². The summed E-state index contributed by atoms with van der Waals surface area (Å²) in [6.07, 6.45) is 0. The standard InChI is InChI=1S/C14H11BN2O/c15-12-9-5-4-8-11(12)14-17-16-13(18-14)10-6-2-1-3-7-10/h1-9H,15H2. The van der Waals surface area contributed by atoms with Crippen LogP contribution in [0.5, 0.6) is 0 Å². The van der Waals surface area contributed by atoms with Crippen molar-refractivity contribution in [3.05, 3.63) is 54.6 Å². The number of rotatable bonds is 2. The quantitative estimate of drug-likeness (QED) is 0.633. The summed E-state index contributed by atoms with van der Waals surface area (Å²) < 4.78 is 5.71. The van der Waals surface area contributed by atoms with Crippen molar-refractivity contribution in [1.82, 2.24) is 10.2 Å². The third-order valence-electron chi connectivity index (χ3n) is 2.82. The summed E-state index contributed by atoms with van der Waals surface area (Å²) in [5.41, 5.74) is 3.04. The molecule has 18 heavy (non-hydrogen) atoms. The topological polar surface area (TPSA) is 38.9 Å². The smallest absolute Gasteiger partial charge is 0.248 e. The van der Waals surface area contributed by atoms with E-state index in [1.165, 1.54) is 0 Å². The molecule has 86 valence electrons. The second kappa shape index (κ2) is 4.49. The van der Waals surface area contributed by atoms with Crippen molar-refractivity contribution in [2.45, 2.75) is 0 Å². The fourth-order valence-corrected chi connectivity index (χ4v) is 1.84. The first-order chi connectivity index (χ1) is 8.84. The molecule has 0 unspecified atom stereocenters. The van der Waals surface area contributed by atoms with Crippen LogP contribution < -0.4 is 5.46 Å². The van der Waals surface area contributed by atoms with E-state index in [9.17, 15) is 0 Å². The number of hydrogen-bond donors (Lipinski definition) is 0. The molecule has 4 heteroatoms. The average molecular weight is 234 g/mol. The highest BCUT2D eigenvalue weighted by Crippen LogP contribution is 2.22. The second-order valence-electron chi connectivity index (χ2n) is 4.09. The Kier molecular flexibility index (Phi) is 2.69. The largest absolute Gasteiger partial charge is 0.416 e. The van der Waals surface area contributed by atoms with Crippen molar-refractivity contribution in [3.8, 4) is 22.9 Å². The molecule has 2 aromatic carbocycles. The van der Waals surface area contributed by atoms with Crippen LogP contribution in [0.4, 0.5) is 0 Å². The van der Waals surface area contributed by atoms with Crippen molar-refractivity contribution in [3.63, 3.8) is 0 Å². The van der Waals surface area contributed by atoms with Crippen molar-refractivity contribution >= 4 is 13.3 Å². The van der Waals surface area contributed by atoms with Gasteiger partial charge in [-0.15, -0.1) is 10.2 Å². The van der Waals surface area contributed by atoms with E-state index < -0.39 is 0 Å². The Morgan fingerprint density at radius 1 is 0.778 bits per heavy atom. The lowest BCUT2D eigenvalue weighted by atomic mass is 9.91. The monoisotopic (exact) mass is 234 g/mol. The molecule has 0 fully saturated rings. The molecular formula is C14H11BN2O. The molecule has 0 amide bonds. The van der Waals surface area contributed by atoms with Crippen LogP contribution in [0.25, 0.3) is 22.9 Å². The highest BCUT2D eigenvalue weighted by Gasteiger charge is 2.11. The first-order valence-corrected chi connectivity index (χ1v) is 5.79. The van der Waals surface area contributed by atoms with Crippen LogP contribution in [-0.4, -0.2) is 18.0 Å². The lowest BCUT2D eigenvalue weighted by Gasteiger charge is -1.98. The van der Waals surface area contributed by atoms with E-state index in [4.69, 9.17) is 4.42 Å². The van der Waals surface area contributed by atoms with Gasteiger partial charge in [-0.25, -0.2) is 0 Å². The van der Waals surface area contributed by atoms with E-state index in [1.807, 2.05) is 62.4 Å². The minimum Gasteiger partial charge on any atom is -0.416 e. The van der Waals surface area contributed by atoms with E-state index in [2.05, 4.69) is 10.2 Å². The number of hydrogen-bond acceptors (Lipinski definition) is 3. The highest BCUT2D eigenvalue weighted by molar-refractivity contribution is 6.35. The average Bonchev–Trinajstić information content (AvgIpc) is 2.90. The Balaban J connectivity index is 2.03. The fourth-order valence-electron chi connectivity index (χ4n) is 1.84.